The van der Waals surface area contributed by atoms with E-state index in [2.05, 4.69) is 17.6 Å². The predicted octanol–water partition coefficient (Wildman–Crippen LogP) is -0.0828. The van der Waals surface area contributed by atoms with Gasteiger partial charge in [0.05, 0.1) is 14.7 Å². The van der Waals surface area contributed by atoms with Gasteiger partial charge in [-0.2, -0.15) is 9.12 Å². The molecule has 0 aliphatic heterocycles. The second kappa shape index (κ2) is 9.90. The van der Waals surface area contributed by atoms with Crippen LogP contribution in [0, 0.1) is 0 Å². The first-order valence-electron chi connectivity index (χ1n) is 1.90. The molecule has 1 unspecified atom stereocenters. The molecule has 0 heterocycles. The Morgan fingerprint density at radius 3 is 2.12 bits per heavy atom. The molecule has 0 aromatic rings. The molecule has 0 aliphatic rings. The van der Waals surface area contributed by atoms with E-state index in [-0.39, 0.29) is 0 Å². The van der Waals surface area contributed by atoms with E-state index in [0.717, 1.165) is 0 Å². The molecule has 2 radical (unpaired) electrons. The maximum Gasteiger partial charge on any atom is 0.406 e. The summed E-state index contributed by atoms with van der Waals surface area (Å²) in [6.07, 6.45) is -0.407. The van der Waals surface area contributed by atoms with Gasteiger partial charge in [0.1, 0.15) is 0 Å². The fraction of sp³-hybridized carbons (Fsp3) is 0.667. The van der Waals surface area contributed by atoms with Gasteiger partial charge in [0.15, 0.2) is 0 Å². The number of hydrogen-bond acceptors (Lipinski definition) is 2. The number of ether oxygens (including phenoxy) is 1. The normalized spacial score (nSPS) is 5.88. The van der Waals surface area contributed by atoms with Crippen molar-refractivity contribution < 1.29 is 9.53 Å². The maximum atomic E-state index is 9.85. The van der Waals surface area contributed by atoms with Crippen LogP contribution in [-0.4, -0.2) is 27.8 Å². The lowest BCUT2D eigenvalue weighted by molar-refractivity contribution is 0.173. The minimum Gasteiger partial charge on any atom is -0.453 e. The first-order valence-corrected chi connectivity index (χ1v) is 2.57. The smallest absolute Gasteiger partial charge is 0.406 e. The minimum absolute atomic E-state index is 0.407. The fourth-order valence-corrected chi connectivity index (χ4v) is 0.102. The number of carbonyl (C=O) groups is 1. The van der Waals surface area contributed by atoms with Crippen molar-refractivity contribution in [2.45, 2.75) is 0 Å². The average Bonchev–Trinajstić information content (AvgIpc) is 1.91. The van der Waals surface area contributed by atoms with Gasteiger partial charge in [-0.25, -0.2) is 4.79 Å². The van der Waals surface area contributed by atoms with Gasteiger partial charge < -0.3 is 10.1 Å². The number of carbonyl (C=O) groups excluding carboxylic acids is 1. The van der Waals surface area contributed by atoms with Gasteiger partial charge in [0.2, 0.25) is 0 Å². The highest BCUT2D eigenvalue weighted by molar-refractivity contribution is 7.49. The Bertz CT molecular complexity index is 55.2. The lowest BCUT2D eigenvalue weighted by atomic mass is 10.8. The van der Waals surface area contributed by atoms with Crippen molar-refractivity contribution in [2.75, 3.05) is 14.2 Å². The summed E-state index contributed by atoms with van der Waals surface area (Å²) >= 11 is 0. The molecule has 0 fully saturated rings. The molecule has 1 atom stereocenters. The zero-order valence-electron chi connectivity index (χ0n) is 4.97. The van der Waals surface area contributed by atoms with E-state index < -0.39 is 6.09 Å². The van der Waals surface area contributed by atoms with Gasteiger partial charge in [0, 0.05) is 7.05 Å². The van der Waals surface area contributed by atoms with E-state index in [4.69, 9.17) is 0 Å². The van der Waals surface area contributed by atoms with E-state index in [0.29, 0.717) is 0 Å². The standard InChI is InChI=1S/C3H7NO2.BH2P/c1-4-3(5)6-2;1-2/h1-2H3,(H,4,5);2H2. The molecule has 1 amide bonds. The zero-order chi connectivity index (χ0) is 6.99. The van der Waals surface area contributed by atoms with Gasteiger partial charge in [-0.15, -0.1) is 0 Å². The molecule has 3 nitrogen and oxygen atoms in total. The summed E-state index contributed by atoms with van der Waals surface area (Å²) < 4.78 is 4.15. The average molecular weight is 133 g/mol. The van der Waals surface area contributed by atoms with E-state index in [1.54, 1.807) is 0 Å². The van der Waals surface area contributed by atoms with Gasteiger partial charge in [0.25, 0.3) is 0 Å². The van der Waals surface area contributed by atoms with Crippen molar-refractivity contribution in [3.8, 4) is 0 Å². The van der Waals surface area contributed by atoms with Crippen LogP contribution in [0.3, 0.4) is 0 Å². The first kappa shape index (κ1) is 10.7. The van der Waals surface area contributed by atoms with Crippen molar-refractivity contribution in [1.29, 1.82) is 0 Å². The Balaban J connectivity index is 0. The highest BCUT2D eigenvalue weighted by Gasteiger charge is 1.85. The second-order valence-electron chi connectivity index (χ2n) is 0.742. The molecule has 46 valence electrons. The number of nitrogens with one attached hydrogen (secondary N) is 1. The van der Waals surface area contributed by atoms with E-state index >= 15 is 0 Å². The molecule has 0 aromatic carbocycles. The third-order valence-electron chi connectivity index (χ3n) is 0.390. The van der Waals surface area contributed by atoms with Crippen molar-refractivity contribution >= 4 is 22.8 Å². The zero-order valence-corrected chi connectivity index (χ0v) is 6.13. The first-order chi connectivity index (χ1) is 3.81. The lowest BCUT2D eigenvalue weighted by Crippen LogP contribution is -2.16. The van der Waals surface area contributed by atoms with Crippen LogP contribution in [0.15, 0.2) is 0 Å². The summed E-state index contributed by atoms with van der Waals surface area (Å²) in [5.74, 6) is 0. The topological polar surface area (TPSA) is 38.3 Å². The molecule has 1 N–H and O–H groups in total. The SMILES string of the molecule is CNC(=O)OC.[B]P. The van der Waals surface area contributed by atoms with Gasteiger partial charge in [-0.3, -0.25) is 0 Å². The van der Waals surface area contributed by atoms with Crippen LogP contribution in [0.4, 0.5) is 4.79 Å². The van der Waals surface area contributed by atoms with Crippen LogP contribution in [0.2, 0.25) is 0 Å². The molecule has 0 aliphatic carbocycles. The van der Waals surface area contributed by atoms with E-state index in [9.17, 15) is 4.79 Å². The number of rotatable bonds is 0. The monoisotopic (exact) mass is 133 g/mol. The van der Waals surface area contributed by atoms with Crippen LogP contribution >= 0.6 is 9.12 Å². The van der Waals surface area contributed by atoms with Crippen molar-refractivity contribution in [2.24, 2.45) is 0 Å². The van der Waals surface area contributed by atoms with Crippen LogP contribution in [0.5, 0.6) is 0 Å². The number of methoxy groups -OCH3 is 1. The van der Waals surface area contributed by atoms with Crippen LogP contribution < -0.4 is 5.32 Å². The van der Waals surface area contributed by atoms with Crippen molar-refractivity contribution in [3.05, 3.63) is 0 Å². The molecule has 0 saturated heterocycles. The summed E-state index contributed by atoms with van der Waals surface area (Å²) in [5.41, 5.74) is 0. The summed E-state index contributed by atoms with van der Waals surface area (Å²) in [6, 6.07) is 0. The van der Waals surface area contributed by atoms with Crippen molar-refractivity contribution in [3.63, 3.8) is 0 Å². The largest absolute Gasteiger partial charge is 0.453 e. The molecule has 8 heavy (non-hydrogen) atoms. The second-order valence-corrected chi connectivity index (χ2v) is 0.742. The predicted molar refractivity (Wildman–Crippen MR) is 36.9 cm³/mol. The highest BCUT2D eigenvalue weighted by atomic mass is 31.0. The number of hydrogen-bond donors (Lipinski definition) is 1. The summed E-state index contributed by atoms with van der Waals surface area (Å²) in [4.78, 5) is 9.85. The summed E-state index contributed by atoms with van der Waals surface area (Å²) in [6.45, 7) is 0. The van der Waals surface area contributed by atoms with Gasteiger partial charge in [-0.05, 0) is 0 Å². The van der Waals surface area contributed by atoms with E-state index in [1.807, 2.05) is 9.12 Å². The minimum atomic E-state index is -0.407. The molecule has 5 heteroatoms. The molecule has 0 bridgehead atoms. The van der Waals surface area contributed by atoms with Crippen molar-refractivity contribution in [1.82, 2.24) is 5.32 Å². The number of alkyl carbamates (subject to hydrolysis) is 1. The molecule has 0 aromatic heterocycles. The quantitative estimate of drug-likeness (QED) is 0.370. The van der Waals surface area contributed by atoms with Crippen LogP contribution in [-0.2, 0) is 4.74 Å². The molecule has 0 rings (SSSR count). The van der Waals surface area contributed by atoms with E-state index in [1.165, 1.54) is 14.2 Å². The van der Waals surface area contributed by atoms with Crippen LogP contribution in [0.1, 0.15) is 0 Å². The molecular weight excluding hydrogens is 124 g/mol. The maximum absolute atomic E-state index is 9.85. The molecule has 0 spiro atoms. The van der Waals surface area contributed by atoms with Crippen LogP contribution in [0.25, 0.3) is 0 Å². The molecular formula is C3H9BNO2P. The fourth-order valence-electron chi connectivity index (χ4n) is 0.102. The third kappa shape index (κ3) is 9.23. The summed E-state index contributed by atoms with van der Waals surface area (Å²) in [7, 11) is 9.16. The molecule has 0 saturated carbocycles. The highest BCUT2D eigenvalue weighted by Crippen LogP contribution is 1.62. The Hall–Kier alpha value is -0.235. The Morgan fingerprint density at radius 2 is 2.12 bits per heavy atom. The Kier molecular flexibility index (Phi) is 13.2. The number of amides is 1. The van der Waals surface area contributed by atoms with Gasteiger partial charge >= 0.3 is 6.09 Å². The Labute approximate surface area is 52.7 Å². The lowest BCUT2D eigenvalue weighted by Gasteiger charge is -1.90. The summed E-state index contributed by atoms with van der Waals surface area (Å²) in [5, 5.41) is 2.25. The third-order valence-corrected chi connectivity index (χ3v) is 0.390. The Morgan fingerprint density at radius 1 is 1.75 bits per heavy atom. The van der Waals surface area contributed by atoms with Gasteiger partial charge in [-0.1, -0.05) is 0 Å².